The molecule has 1 aromatic rings. The Morgan fingerprint density at radius 2 is 2.18 bits per heavy atom. The highest BCUT2D eigenvalue weighted by molar-refractivity contribution is 5.25. The van der Waals surface area contributed by atoms with E-state index in [4.69, 9.17) is 15.2 Å². The lowest BCUT2D eigenvalue weighted by Crippen LogP contribution is -2.18. The number of hydrogen-bond donors (Lipinski definition) is 1. The topological polar surface area (TPSA) is 57.4 Å². The second kappa shape index (κ2) is 7.25. The molecule has 4 nitrogen and oxygen atoms in total. The van der Waals surface area contributed by atoms with Crippen molar-refractivity contribution < 1.29 is 9.47 Å². The van der Waals surface area contributed by atoms with Crippen molar-refractivity contribution in [3.05, 3.63) is 24.0 Å². The molecular formula is C13H22N2O2. The molecule has 2 N–H and O–H groups in total. The molecule has 0 aliphatic rings. The Balaban J connectivity index is 2.63. The number of pyridine rings is 1. The first-order chi connectivity index (χ1) is 8.17. The quantitative estimate of drug-likeness (QED) is 0.792. The van der Waals surface area contributed by atoms with Gasteiger partial charge in [-0.05, 0) is 31.4 Å². The Bertz CT molecular complexity index is 331. The second-order valence-electron chi connectivity index (χ2n) is 4.19. The van der Waals surface area contributed by atoms with Crippen LogP contribution in [-0.2, 0) is 4.74 Å². The standard InChI is InChI=1S/C13H22N2O2/c1-4-5-17-12-7-11(8-15-9-12)13(14)6-10(2)16-3/h7-10,13H,4-6,14H2,1-3H3. The normalized spacial score (nSPS) is 14.4. The number of rotatable bonds is 7. The van der Waals surface area contributed by atoms with Crippen LogP contribution in [0.5, 0.6) is 5.75 Å². The highest BCUT2D eigenvalue weighted by Crippen LogP contribution is 2.20. The lowest BCUT2D eigenvalue weighted by atomic mass is 10.0. The summed E-state index contributed by atoms with van der Waals surface area (Å²) in [5.41, 5.74) is 7.08. The van der Waals surface area contributed by atoms with Crippen molar-refractivity contribution in [3.63, 3.8) is 0 Å². The summed E-state index contributed by atoms with van der Waals surface area (Å²) >= 11 is 0. The van der Waals surface area contributed by atoms with Gasteiger partial charge in [0.1, 0.15) is 5.75 Å². The van der Waals surface area contributed by atoms with E-state index in [1.165, 1.54) is 0 Å². The minimum absolute atomic E-state index is 0.0670. The van der Waals surface area contributed by atoms with Crippen molar-refractivity contribution in [1.82, 2.24) is 4.98 Å². The van der Waals surface area contributed by atoms with Gasteiger partial charge in [0.2, 0.25) is 0 Å². The van der Waals surface area contributed by atoms with Crippen LogP contribution >= 0.6 is 0 Å². The van der Waals surface area contributed by atoms with Crippen molar-refractivity contribution in [2.45, 2.75) is 38.8 Å². The van der Waals surface area contributed by atoms with Gasteiger partial charge in [-0.25, -0.2) is 0 Å². The van der Waals surface area contributed by atoms with Crippen LogP contribution < -0.4 is 10.5 Å². The molecule has 0 saturated carbocycles. The first-order valence-corrected chi connectivity index (χ1v) is 6.03. The molecule has 1 rings (SSSR count). The summed E-state index contributed by atoms with van der Waals surface area (Å²) in [5.74, 6) is 0.782. The molecule has 0 aliphatic carbocycles. The van der Waals surface area contributed by atoms with Crippen molar-refractivity contribution in [3.8, 4) is 5.75 Å². The summed E-state index contributed by atoms with van der Waals surface area (Å²) in [6.07, 6.45) is 5.40. The number of hydrogen-bond acceptors (Lipinski definition) is 4. The van der Waals surface area contributed by atoms with Gasteiger partial charge < -0.3 is 15.2 Å². The molecule has 96 valence electrons. The summed E-state index contributed by atoms with van der Waals surface area (Å²) in [7, 11) is 1.69. The summed E-state index contributed by atoms with van der Waals surface area (Å²) in [6, 6.07) is 1.89. The molecule has 1 aromatic heterocycles. The zero-order valence-electron chi connectivity index (χ0n) is 10.8. The number of aromatic nitrogens is 1. The molecular weight excluding hydrogens is 216 g/mol. The Hall–Kier alpha value is -1.13. The largest absolute Gasteiger partial charge is 0.492 e. The van der Waals surface area contributed by atoms with Gasteiger partial charge >= 0.3 is 0 Å². The van der Waals surface area contributed by atoms with Crippen molar-refractivity contribution in [2.75, 3.05) is 13.7 Å². The van der Waals surface area contributed by atoms with E-state index in [1.807, 2.05) is 13.0 Å². The first-order valence-electron chi connectivity index (χ1n) is 6.03. The van der Waals surface area contributed by atoms with E-state index in [0.717, 1.165) is 24.2 Å². The lowest BCUT2D eigenvalue weighted by Gasteiger charge is -2.16. The van der Waals surface area contributed by atoms with E-state index >= 15 is 0 Å². The van der Waals surface area contributed by atoms with Crippen LogP contribution in [0, 0.1) is 0 Å². The average Bonchev–Trinajstić information content (AvgIpc) is 2.36. The van der Waals surface area contributed by atoms with Crippen LogP contribution in [0.1, 0.15) is 38.3 Å². The molecule has 0 saturated heterocycles. The monoisotopic (exact) mass is 238 g/mol. The zero-order chi connectivity index (χ0) is 12.7. The summed E-state index contributed by atoms with van der Waals surface area (Å²) in [4.78, 5) is 4.15. The number of ether oxygens (including phenoxy) is 2. The van der Waals surface area contributed by atoms with Crippen LogP contribution in [0.3, 0.4) is 0 Å². The van der Waals surface area contributed by atoms with Crippen molar-refractivity contribution in [1.29, 1.82) is 0 Å². The van der Waals surface area contributed by atoms with Gasteiger partial charge in [-0.15, -0.1) is 0 Å². The molecule has 0 aromatic carbocycles. The van der Waals surface area contributed by atoms with E-state index in [0.29, 0.717) is 6.61 Å². The van der Waals surface area contributed by atoms with Gasteiger partial charge in [-0.2, -0.15) is 0 Å². The first kappa shape index (κ1) is 13.9. The SMILES string of the molecule is CCCOc1cncc(C(N)CC(C)OC)c1. The Morgan fingerprint density at radius 3 is 2.82 bits per heavy atom. The van der Waals surface area contributed by atoms with Gasteiger partial charge in [0.05, 0.1) is 18.9 Å². The molecule has 2 atom stereocenters. The highest BCUT2D eigenvalue weighted by Gasteiger charge is 2.11. The summed E-state index contributed by atoms with van der Waals surface area (Å²) in [6.45, 7) is 4.78. The van der Waals surface area contributed by atoms with Crippen LogP contribution in [-0.4, -0.2) is 24.8 Å². The maximum atomic E-state index is 6.09. The molecule has 17 heavy (non-hydrogen) atoms. The number of nitrogens with two attached hydrogens (primary N) is 1. The molecule has 0 spiro atoms. The molecule has 0 bridgehead atoms. The Labute approximate surface area is 103 Å². The lowest BCUT2D eigenvalue weighted by molar-refractivity contribution is 0.104. The fourth-order valence-corrected chi connectivity index (χ4v) is 1.53. The minimum Gasteiger partial charge on any atom is -0.492 e. The molecule has 0 radical (unpaired) electrons. The maximum absolute atomic E-state index is 6.09. The third-order valence-corrected chi connectivity index (χ3v) is 2.62. The molecule has 2 unspecified atom stereocenters. The van der Waals surface area contributed by atoms with Gasteiger partial charge in [0.15, 0.2) is 0 Å². The van der Waals surface area contributed by atoms with Crippen LogP contribution in [0.15, 0.2) is 18.5 Å². The minimum atomic E-state index is -0.0670. The third kappa shape index (κ3) is 4.71. The smallest absolute Gasteiger partial charge is 0.137 e. The zero-order valence-corrected chi connectivity index (χ0v) is 10.8. The fourth-order valence-electron chi connectivity index (χ4n) is 1.53. The van der Waals surface area contributed by atoms with Gasteiger partial charge in [0, 0.05) is 19.3 Å². The summed E-state index contributed by atoms with van der Waals surface area (Å²) in [5, 5.41) is 0. The van der Waals surface area contributed by atoms with Gasteiger partial charge in [0.25, 0.3) is 0 Å². The molecule has 0 aliphatic heterocycles. The van der Waals surface area contributed by atoms with E-state index in [-0.39, 0.29) is 12.1 Å². The molecule has 4 heteroatoms. The molecule has 1 heterocycles. The molecule has 0 fully saturated rings. The predicted molar refractivity (Wildman–Crippen MR) is 68.0 cm³/mol. The maximum Gasteiger partial charge on any atom is 0.137 e. The Morgan fingerprint density at radius 1 is 1.41 bits per heavy atom. The Kier molecular flexibility index (Phi) is 5.94. The highest BCUT2D eigenvalue weighted by atomic mass is 16.5. The van der Waals surface area contributed by atoms with Crippen LogP contribution in [0.25, 0.3) is 0 Å². The van der Waals surface area contributed by atoms with Crippen LogP contribution in [0.2, 0.25) is 0 Å². The molecule has 0 amide bonds. The van der Waals surface area contributed by atoms with Crippen LogP contribution in [0.4, 0.5) is 0 Å². The van der Waals surface area contributed by atoms with E-state index < -0.39 is 0 Å². The number of nitrogens with zero attached hydrogens (tertiary/aromatic N) is 1. The fraction of sp³-hybridized carbons (Fsp3) is 0.615. The van der Waals surface area contributed by atoms with E-state index in [1.54, 1.807) is 19.5 Å². The van der Waals surface area contributed by atoms with Crippen molar-refractivity contribution >= 4 is 0 Å². The second-order valence-corrected chi connectivity index (χ2v) is 4.19. The van der Waals surface area contributed by atoms with Gasteiger partial charge in [-0.3, -0.25) is 4.98 Å². The van der Waals surface area contributed by atoms with E-state index in [2.05, 4.69) is 11.9 Å². The average molecular weight is 238 g/mol. The summed E-state index contributed by atoms with van der Waals surface area (Å²) < 4.78 is 10.7. The van der Waals surface area contributed by atoms with Gasteiger partial charge in [-0.1, -0.05) is 6.92 Å². The van der Waals surface area contributed by atoms with E-state index in [9.17, 15) is 0 Å². The third-order valence-electron chi connectivity index (χ3n) is 2.62. The van der Waals surface area contributed by atoms with Crippen molar-refractivity contribution in [2.24, 2.45) is 5.73 Å². The number of methoxy groups -OCH3 is 1. The predicted octanol–water partition coefficient (Wildman–Crippen LogP) is 2.30.